The van der Waals surface area contributed by atoms with Crippen LogP contribution in [0.1, 0.15) is 28.6 Å². The van der Waals surface area contributed by atoms with Crippen molar-refractivity contribution in [2.45, 2.75) is 13.5 Å². The third-order valence-corrected chi connectivity index (χ3v) is 5.90. The lowest BCUT2D eigenvalue weighted by atomic mass is 10.2. The highest BCUT2D eigenvalue weighted by Crippen LogP contribution is 2.33. The van der Waals surface area contributed by atoms with Gasteiger partial charge in [0.25, 0.3) is 5.69 Å². The number of nitrogens with zero attached hydrogens (tertiary/aromatic N) is 2. The molecular weight excluding hydrogens is 546 g/mol. The number of carbonyl (C=O) groups is 1. The monoisotopic (exact) mass is 567 g/mol. The molecule has 0 saturated carbocycles. The van der Waals surface area contributed by atoms with Crippen molar-refractivity contribution in [1.29, 1.82) is 0 Å². The minimum Gasteiger partial charge on any atom is -0.494 e. The van der Waals surface area contributed by atoms with Crippen molar-refractivity contribution in [1.82, 2.24) is 5.43 Å². The number of furan rings is 1. The van der Waals surface area contributed by atoms with Gasteiger partial charge < -0.3 is 18.6 Å². The van der Waals surface area contributed by atoms with Crippen LogP contribution < -0.4 is 19.6 Å². The Balaban J connectivity index is 1.41. The van der Waals surface area contributed by atoms with Gasteiger partial charge >= 0.3 is 5.91 Å². The van der Waals surface area contributed by atoms with Gasteiger partial charge in [-0.15, -0.1) is 0 Å². The van der Waals surface area contributed by atoms with Gasteiger partial charge in [-0.25, -0.2) is 5.43 Å². The van der Waals surface area contributed by atoms with Crippen LogP contribution in [0.4, 0.5) is 5.69 Å². The third kappa shape index (κ3) is 6.25. The molecule has 0 aliphatic rings. The van der Waals surface area contributed by atoms with Gasteiger partial charge in [0.15, 0.2) is 17.3 Å². The zero-order chi connectivity index (χ0) is 26.4. The van der Waals surface area contributed by atoms with Crippen LogP contribution in [-0.4, -0.2) is 30.8 Å². The molecule has 0 spiro atoms. The van der Waals surface area contributed by atoms with Crippen molar-refractivity contribution in [3.63, 3.8) is 0 Å². The fraction of sp³-hybridized carbons (Fsp3) is 0.154. The normalized spacial score (nSPS) is 11.0. The summed E-state index contributed by atoms with van der Waals surface area (Å²) in [6.07, 6.45) is 1.46. The summed E-state index contributed by atoms with van der Waals surface area (Å²) < 4.78 is 23.0. The number of amides is 1. The smallest absolute Gasteiger partial charge is 0.307 e. The standard InChI is InChI=1S/C26H22BrN3O7/c1-3-35-20-8-9-22-17(10-20)11-25(37-22)26(31)29-28-14-18-12-23(34-2)24(13-21(18)27)36-15-16-4-6-19(7-5-16)30(32)33/h4-14H,3,15H2,1-2H3,(H,29,31)/b28-14+. The van der Waals surface area contributed by atoms with E-state index in [0.29, 0.717) is 39.5 Å². The highest BCUT2D eigenvalue weighted by Gasteiger charge is 2.14. The maximum Gasteiger partial charge on any atom is 0.307 e. The second-order valence-electron chi connectivity index (χ2n) is 7.68. The summed E-state index contributed by atoms with van der Waals surface area (Å²) >= 11 is 3.47. The van der Waals surface area contributed by atoms with Crippen LogP contribution in [0, 0.1) is 10.1 Å². The summed E-state index contributed by atoms with van der Waals surface area (Å²) in [4.78, 5) is 22.9. The van der Waals surface area contributed by atoms with E-state index in [-0.39, 0.29) is 18.1 Å². The first kappa shape index (κ1) is 25.7. The topological polar surface area (TPSA) is 125 Å². The molecule has 4 rings (SSSR count). The minimum atomic E-state index is -0.503. The molecule has 1 amide bonds. The van der Waals surface area contributed by atoms with Crippen molar-refractivity contribution in [2.75, 3.05) is 13.7 Å². The van der Waals surface area contributed by atoms with E-state index in [4.69, 9.17) is 18.6 Å². The summed E-state index contributed by atoms with van der Waals surface area (Å²) in [6, 6.07) is 16.5. The van der Waals surface area contributed by atoms with Crippen LogP contribution in [0.15, 0.2) is 74.7 Å². The number of ether oxygens (including phenoxy) is 3. The zero-order valence-electron chi connectivity index (χ0n) is 19.9. The molecule has 11 heteroatoms. The lowest BCUT2D eigenvalue weighted by Gasteiger charge is -2.12. The summed E-state index contributed by atoms with van der Waals surface area (Å²) in [7, 11) is 1.50. The first-order valence-electron chi connectivity index (χ1n) is 11.1. The number of hydrazone groups is 1. The molecule has 0 atom stereocenters. The number of nitro benzene ring substituents is 1. The largest absolute Gasteiger partial charge is 0.494 e. The van der Waals surface area contributed by atoms with Gasteiger partial charge in [-0.1, -0.05) is 0 Å². The Bertz CT molecular complexity index is 1470. The van der Waals surface area contributed by atoms with Crippen LogP contribution in [0.25, 0.3) is 11.0 Å². The highest BCUT2D eigenvalue weighted by molar-refractivity contribution is 9.10. The molecule has 0 aliphatic carbocycles. The van der Waals surface area contributed by atoms with Crippen molar-refractivity contribution >= 4 is 44.7 Å². The maximum atomic E-state index is 12.5. The minimum absolute atomic E-state index is 0.0100. The van der Waals surface area contributed by atoms with Crippen molar-refractivity contribution in [3.05, 3.63) is 92.1 Å². The molecule has 190 valence electrons. The van der Waals surface area contributed by atoms with Crippen LogP contribution >= 0.6 is 15.9 Å². The quantitative estimate of drug-likeness (QED) is 0.144. The van der Waals surface area contributed by atoms with E-state index in [9.17, 15) is 14.9 Å². The summed E-state index contributed by atoms with van der Waals surface area (Å²) in [5.74, 6) is 1.21. The molecule has 0 aliphatic heterocycles. The lowest BCUT2D eigenvalue weighted by molar-refractivity contribution is -0.384. The van der Waals surface area contributed by atoms with Gasteiger partial charge in [0.2, 0.25) is 0 Å². The summed E-state index contributed by atoms with van der Waals surface area (Å²) in [5, 5.41) is 15.6. The van der Waals surface area contributed by atoms with Gasteiger partial charge in [-0.2, -0.15) is 5.10 Å². The Hall–Kier alpha value is -4.38. The Morgan fingerprint density at radius 3 is 2.59 bits per heavy atom. The van der Waals surface area contributed by atoms with Gasteiger partial charge in [0.05, 0.1) is 24.9 Å². The molecule has 4 aromatic rings. The molecule has 0 unspecified atom stereocenters. The molecule has 1 aromatic heterocycles. The molecule has 0 fully saturated rings. The maximum absolute atomic E-state index is 12.5. The second kappa shape index (κ2) is 11.6. The summed E-state index contributed by atoms with van der Waals surface area (Å²) in [5.41, 5.74) is 4.42. The first-order chi connectivity index (χ1) is 17.9. The molecular formula is C26H22BrN3O7. The van der Waals surface area contributed by atoms with Gasteiger partial charge in [0.1, 0.15) is 17.9 Å². The Morgan fingerprint density at radius 2 is 1.89 bits per heavy atom. The number of carbonyl (C=O) groups excluding carboxylic acids is 1. The van der Waals surface area contributed by atoms with Crippen molar-refractivity contribution in [3.8, 4) is 17.2 Å². The number of hydrogen-bond donors (Lipinski definition) is 1. The Morgan fingerprint density at radius 1 is 1.11 bits per heavy atom. The van der Waals surface area contributed by atoms with E-state index < -0.39 is 10.8 Å². The van der Waals surface area contributed by atoms with Crippen LogP contribution in [0.5, 0.6) is 17.2 Å². The predicted molar refractivity (Wildman–Crippen MR) is 141 cm³/mol. The number of non-ortho nitro benzene ring substituents is 1. The Kier molecular flexibility index (Phi) is 8.04. The molecule has 3 aromatic carbocycles. The molecule has 37 heavy (non-hydrogen) atoms. The van der Waals surface area contributed by atoms with Gasteiger partial charge in [0, 0.05) is 27.6 Å². The number of nitro groups is 1. The number of hydrogen-bond acceptors (Lipinski definition) is 8. The van der Waals surface area contributed by atoms with E-state index in [2.05, 4.69) is 26.5 Å². The lowest BCUT2D eigenvalue weighted by Crippen LogP contribution is -2.16. The number of nitrogens with one attached hydrogen (secondary N) is 1. The molecule has 1 heterocycles. The molecule has 0 saturated heterocycles. The van der Waals surface area contributed by atoms with E-state index >= 15 is 0 Å². The van der Waals surface area contributed by atoms with E-state index in [1.807, 2.05) is 6.92 Å². The molecule has 10 nitrogen and oxygen atoms in total. The Labute approximate surface area is 220 Å². The summed E-state index contributed by atoms with van der Waals surface area (Å²) in [6.45, 7) is 2.62. The fourth-order valence-electron chi connectivity index (χ4n) is 3.40. The molecule has 1 N–H and O–H groups in total. The number of benzene rings is 3. The molecule has 0 bridgehead atoms. The highest BCUT2D eigenvalue weighted by atomic mass is 79.9. The predicted octanol–water partition coefficient (Wildman–Crippen LogP) is 5.85. The SMILES string of the molecule is CCOc1ccc2oc(C(=O)N/N=C/c3cc(OC)c(OCc4ccc([N+](=O)[O-])cc4)cc3Br)cc2c1. The molecule has 0 radical (unpaired) electrons. The van der Waals surface area contributed by atoms with Crippen LogP contribution in [0.2, 0.25) is 0 Å². The number of rotatable bonds is 10. The fourth-order valence-corrected chi connectivity index (χ4v) is 3.83. The van der Waals surface area contributed by atoms with E-state index in [1.165, 1.54) is 25.5 Å². The average Bonchev–Trinajstić information content (AvgIpc) is 3.32. The first-order valence-corrected chi connectivity index (χ1v) is 11.9. The average molecular weight is 568 g/mol. The van der Waals surface area contributed by atoms with Crippen LogP contribution in [-0.2, 0) is 6.61 Å². The number of fused-ring (bicyclic) bond motifs is 1. The van der Waals surface area contributed by atoms with E-state index in [0.717, 1.165) is 10.9 Å². The van der Waals surface area contributed by atoms with Gasteiger partial charge in [-0.3, -0.25) is 14.9 Å². The number of methoxy groups -OCH3 is 1. The third-order valence-electron chi connectivity index (χ3n) is 5.22. The second-order valence-corrected chi connectivity index (χ2v) is 8.53. The van der Waals surface area contributed by atoms with Gasteiger partial charge in [-0.05, 0) is 76.9 Å². The van der Waals surface area contributed by atoms with E-state index in [1.54, 1.807) is 48.5 Å². The zero-order valence-corrected chi connectivity index (χ0v) is 21.5. The van der Waals surface area contributed by atoms with Crippen molar-refractivity contribution < 1.29 is 28.3 Å². The van der Waals surface area contributed by atoms with Crippen LogP contribution in [0.3, 0.4) is 0 Å². The number of halogens is 1. The van der Waals surface area contributed by atoms with Crippen molar-refractivity contribution in [2.24, 2.45) is 5.10 Å².